The number of hydrogen-bond acceptors (Lipinski definition) is 1. The Hall–Kier alpha value is -0.920. The molecule has 0 aliphatic carbocycles. The Morgan fingerprint density at radius 1 is 0.895 bits per heavy atom. The molecule has 1 aliphatic rings. The van der Waals surface area contributed by atoms with Gasteiger partial charge in [-0.25, -0.2) is 0 Å². The molecule has 0 saturated heterocycles. The molecule has 0 unspecified atom stereocenters. The molecule has 0 amide bonds. The van der Waals surface area contributed by atoms with Crippen LogP contribution in [-0.4, -0.2) is 0 Å². The first-order valence-corrected chi connectivity index (χ1v) is 8.07. The number of nitrogens with zero attached hydrogens (tertiary/aromatic N) is 1. The summed E-state index contributed by atoms with van der Waals surface area (Å²) in [6.45, 7) is 4.30. The van der Waals surface area contributed by atoms with E-state index in [0.717, 1.165) is 17.9 Å². The zero-order chi connectivity index (χ0) is 13.8. The lowest BCUT2D eigenvalue weighted by Crippen LogP contribution is -2.04. The first-order valence-electron chi connectivity index (χ1n) is 8.07. The predicted molar refractivity (Wildman–Crippen MR) is 81.5 cm³/mol. The molecular formula is C17H30NO. The Morgan fingerprint density at radius 2 is 1.47 bits per heavy atom. The second kappa shape index (κ2) is 11.0. The van der Waals surface area contributed by atoms with E-state index in [9.17, 15) is 0 Å². The van der Waals surface area contributed by atoms with E-state index in [-0.39, 0.29) is 0 Å². The van der Waals surface area contributed by atoms with E-state index in [0.29, 0.717) is 0 Å². The fourth-order valence-corrected chi connectivity index (χ4v) is 2.42. The minimum atomic E-state index is 1.04. The van der Waals surface area contributed by atoms with Crippen LogP contribution in [0.5, 0.6) is 0 Å². The van der Waals surface area contributed by atoms with Crippen molar-refractivity contribution < 1.29 is 4.74 Å². The number of unbranched alkanes of at least 4 members (excludes halogenated alkanes) is 9. The molecule has 2 nitrogen and oxygen atoms in total. The summed E-state index contributed by atoms with van der Waals surface area (Å²) in [7, 11) is 0. The summed E-state index contributed by atoms with van der Waals surface area (Å²) in [5.74, 6) is 1.06. The minimum absolute atomic E-state index is 1.04. The van der Waals surface area contributed by atoms with E-state index in [2.05, 4.69) is 12.2 Å². The topological polar surface area (TPSA) is 23.3 Å². The monoisotopic (exact) mass is 264 g/mol. The molecule has 1 radical (unpaired) electrons. The van der Waals surface area contributed by atoms with Gasteiger partial charge in [0.2, 0.25) is 0 Å². The molecule has 0 fully saturated rings. The summed E-state index contributed by atoms with van der Waals surface area (Å²) in [6, 6.07) is 0. The van der Waals surface area contributed by atoms with Crippen molar-refractivity contribution in [2.45, 2.75) is 84.5 Å². The van der Waals surface area contributed by atoms with Crippen molar-refractivity contribution in [2.24, 2.45) is 0 Å². The van der Waals surface area contributed by atoms with Crippen molar-refractivity contribution in [3.8, 4) is 0 Å². The lowest BCUT2D eigenvalue weighted by molar-refractivity contribution is 0.308. The first-order chi connectivity index (χ1) is 9.34. The van der Waals surface area contributed by atoms with Crippen LogP contribution in [0.4, 0.5) is 0 Å². The highest BCUT2D eigenvalue weighted by Crippen LogP contribution is 2.18. The molecule has 0 aromatic rings. The van der Waals surface area contributed by atoms with Gasteiger partial charge in [-0.3, -0.25) is 5.32 Å². The summed E-state index contributed by atoms with van der Waals surface area (Å²) in [5.41, 5.74) is 1.04. The Morgan fingerprint density at radius 3 is 2.05 bits per heavy atom. The Balaban J connectivity index is 1.86. The van der Waals surface area contributed by atoms with Gasteiger partial charge in [0.25, 0.3) is 0 Å². The molecule has 0 bridgehead atoms. The number of hydrogen-bond donors (Lipinski definition) is 0. The van der Waals surface area contributed by atoms with E-state index in [1.54, 1.807) is 12.5 Å². The minimum Gasteiger partial charge on any atom is -0.466 e. The Labute approximate surface area is 119 Å². The van der Waals surface area contributed by atoms with Crippen LogP contribution in [0.15, 0.2) is 23.9 Å². The Kier molecular flexibility index (Phi) is 9.30. The highest BCUT2D eigenvalue weighted by Gasteiger charge is 2.06. The SMILES string of the molecule is CCCCCCCCCCCCC1=C(C)[N]C=CO1. The smallest absolute Gasteiger partial charge is 0.124 e. The number of allylic oxidation sites excluding steroid dienone is 2. The standard InChI is InChI=1S/C17H30NO/c1-3-4-5-6-7-8-9-10-11-12-13-17-16(2)18-14-15-19-17/h14-15H,3-13H2,1-2H3. The maximum Gasteiger partial charge on any atom is 0.124 e. The van der Waals surface area contributed by atoms with E-state index in [1.165, 1.54) is 64.2 Å². The third kappa shape index (κ3) is 7.97. The maximum absolute atomic E-state index is 5.48. The fourth-order valence-electron chi connectivity index (χ4n) is 2.42. The van der Waals surface area contributed by atoms with Gasteiger partial charge in [-0.05, 0) is 13.3 Å². The molecular weight excluding hydrogens is 234 g/mol. The lowest BCUT2D eigenvalue weighted by atomic mass is 10.1. The van der Waals surface area contributed by atoms with Crippen LogP contribution in [0.1, 0.15) is 84.5 Å². The third-order valence-corrected chi connectivity index (χ3v) is 3.70. The van der Waals surface area contributed by atoms with Gasteiger partial charge in [0.1, 0.15) is 12.0 Å². The van der Waals surface area contributed by atoms with E-state index < -0.39 is 0 Å². The molecule has 19 heavy (non-hydrogen) atoms. The summed E-state index contributed by atoms with van der Waals surface area (Å²) >= 11 is 0. The van der Waals surface area contributed by atoms with Crippen LogP contribution in [0, 0.1) is 0 Å². The Bertz CT molecular complexity index is 281. The van der Waals surface area contributed by atoms with Gasteiger partial charge in [-0.1, -0.05) is 64.7 Å². The van der Waals surface area contributed by atoms with Crippen LogP contribution >= 0.6 is 0 Å². The van der Waals surface area contributed by atoms with Crippen molar-refractivity contribution >= 4 is 0 Å². The zero-order valence-electron chi connectivity index (χ0n) is 12.8. The highest BCUT2D eigenvalue weighted by atomic mass is 16.5. The summed E-state index contributed by atoms with van der Waals surface area (Å²) < 4.78 is 5.48. The van der Waals surface area contributed by atoms with Crippen LogP contribution in [0.2, 0.25) is 0 Å². The number of ether oxygens (including phenoxy) is 1. The largest absolute Gasteiger partial charge is 0.466 e. The predicted octanol–water partition coefficient (Wildman–Crippen LogP) is 5.63. The van der Waals surface area contributed by atoms with Crippen LogP contribution in [0.3, 0.4) is 0 Å². The molecule has 0 aromatic heterocycles. The van der Waals surface area contributed by atoms with Crippen LogP contribution < -0.4 is 5.32 Å². The van der Waals surface area contributed by atoms with Gasteiger partial charge < -0.3 is 4.74 Å². The molecule has 1 aliphatic heterocycles. The fraction of sp³-hybridized carbons (Fsp3) is 0.765. The van der Waals surface area contributed by atoms with E-state index in [1.807, 2.05) is 6.92 Å². The molecule has 1 heterocycles. The molecule has 0 spiro atoms. The van der Waals surface area contributed by atoms with Gasteiger partial charge in [0, 0.05) is 6.42 Å². The van der Waals surface area contributed by atoms with Gasteiger partial charge in [0.05, 0.1) is 11.9 Å². The molecule has 2 heteroatoms. The van der Waals surface area contributed by atoms with Crippen molar-refractivity contribution in [1.82, 2.24) is 5.32 Å². The lowest BCUT2D eigenvalue weighted by Gasteiger charge is -2.13. The second-order valence-corrected chi connectivity index (χ2v) is 5.47. The highest BCUT2D eigenvalue weighted by molar-refractivity contribution is 5.10. The normalized spacial score (nSPS) is 14.4. The van der Waals surface area contributed by atoms with Gasteiger partial charge in [-0.2, -0.15) is 0 Å². The number of rotatable bonds is 11. The molecule has 1 rings (SSSR count). The van der Waals surface area contributed by atoms with Crippen molar-refractivity contribution in [3.05, 3.63) is 23.9 Å². The van der Waals surface area contributed by atoms with Crippen molar-refractivity contribution in [1.29, 1.82) is 0 Å². The van der Waals surface area contributed by atoms with Crippen LogP contribution in [-0.2, 0) is 4.74 Å². The molecule has 0 saturated carbocycles. The second-order valence-electron chi connectivity index (χ2n) is 5.47. The molecule has 109 valence electrons. The van der Waals surface area contributed by atoms with E-state index in [4.69, 9.17) is 4.74 Å². The first kappa shape index (κ1) is 16.1. The summed E-state index contributed by atoms with van der Waals surface area (Å²) in [5, 5.41) is 4.25. The summed E-state index contributed by atoms with van der Waals surface area (Å²) in [6.07, 6.45) is 18.2. The van der Waals surface area contributed by atoms with Crippen LogP contribution in [0.25, 0.3) is 0 Å². The van der Waals surface area contributed by atoms with Crippen molar-refractivity contribution in [3.63, 3.8) is 0 Å². The van der Waals surface area contributed by atoms with Gasteiger partial charge in [-0.15, -0.1) is 0 Å². The molecule has 0 aromatic carbocycles. The van der Waals surface area contributed by atoms with Gasteiger partial charge in [0.15, 0.2) is 0 Å². The molecule has 0 atom stereocenters. The van der Waals surface area contributed by atoms with Crippen molar-refractivity contribution in [2.75, 3.05) is 0 Å². The van der Waals surface area contributed by atoms with E-state index >= 15 is 0 Å². The van der Waals surface area contributed by atoms with Gasteiger partial charge >= 0.3 is 0 Å². The molecule has 0 N–H and O–H groups in total. The summed E-state index contributed by atoms with van der Waals surface area (Å²) in [4.78, 5) is 0. The maximum atomic E-state index is 5.48. The zero-order valence-corrected chi connectivity index (χ0v) is 12.8. The quantitative estimate of drug-likeness (QED) is 0.443. The third-order valence-electron chi connectivity index (χ3n) is 3.70. The average Bonchev–Trinajstić information content (AvgIpc) is 2.43. The average molecular weight is 264 g/mol.